The number of hydrogen-bond acceptors (Lipinski definition) is 3. The van der Waals surface area contributed by atoms with Crippen molar-refractivity contribution in [2.24, 2.45) is 16.3 Å². The molecule has 0 aromatic heterocycles. The number of amidine groups is 1. The second-order valence-electron chi connectivity index (χ2n) is 5.78. The van der Waals surface area contributed by atoms with Crippen molar-refractivity contribution in [3.63, 3.8) is 0 Å². The third-order valence-electron chi connectivity index (χ3n) is 4.74. The highest BCUT2D eigenvalue weighted by atomic mass is 32.2. The zero-order chi connectivity index (χ0) is 12.3. The van der Waals surface area contributed by atoms with Gasteiger partial charge in [0.1, 0.15) is 0 Å². The van der Waals surface area contributed by atoms with Crippen LogP contribution in [-0.2, 0) is 0 Å². The minimum atomic E-state index is 0.469. The molecule has 1 fully saturated rings. The lowest BCUT2D eigenvalue weighted by Gasteiger charge is -2.34. The van der Waals surface area contributed by atoms with E-state index in [2.05, 4.69) is 26.1 Å². The number of rotatable bonds is 3. The zero-order valence-corrected chi connectivity index (χ0v) is 12.3. The first-order valence-electron chi connectivity index (χ1n) is 7.13. The summed E-state index contributed by atoms with van der Waals surface area (Å²) in [5.74, 6) is 2.06. The van der Waals surface area contributed by atoms with Gasteiger partial charge in [-0.3, -0.25) is 4.99 Å². The van der Waals surface area contributed by atoms with Crippen molar-refractivity contribution in [2.45, 2.75) is 58.9 Å². The van der Waals surface area contributed by atoms with Gasteiger partial charge in [-0.25, -0.2) is 0 Å². The highest BCUT2D eigenvalue weighted by molar-refractivity contribution is 8.13. The van der Waals surface area contributed by atoms with Crippen LogP contribution in [0.4, 0.5) is 0 Å². The van der Waals surface area contributed by atoms with Crippen LogP contribution in [0.25, 0.3) is 0 Å². The van der Waals surface area contributed by atoms with Gasteiger partial charge in [0.05, 0.1) is 0 Å². The third kappa shape index (κ3) is 2.98. The zero-order valence-electron chi connectivity index (χ0n) is 11.5. The second-order valence-corrected chi connectivity index (χ2v) is 6.74. The molecule has 0 amide bonds. The maximum atomic E-state index is 4.79. The summed E-state index contributed by atoms with van der Waals surface area (Å²) in [6.45, 7) is 7.99. The fourth-order valence-corrected chi connectivity index (χ4v) is 4.17. The van der Waals surface area contributed by atoms with Gasteiger partial charge >= 0.3 is 0 Å². The molecule has 0 bridgehead atoms. The van der Waals surface area contributed by atoms with Crippen LogP contribution in [0.2, 0.25) is 0 Å². The number of aliphatic imine (C=N–C) groups is 1. The molecule has 1 N–H and O–H groups in total. The summed E-state index contributed by atoms with van der Waals surface area (Å²) in [6, 6.07) is 0.678. The first-order chi connectivity index (χ1) is 8.19. The van der Waals surface area contributed by atoms with Crippen molar-refractivity contribution >= 4 is 16.9 Å². The Bertz CT molecular complexity index is 284. The molecule has 2 atom stereocenters. The Balaban J connectivity index is 1.90. The van der Waals surface area contributed by atoms with Crippen molar-refractivity contribution in [1.82, 2.24) is 5.32 Å². The predicted octanol–water partition coefficient (Wildman–Crippen LogP) is 3.67. The van der Waals surface area contributed by atoms with Crippen LogP contribution in [-0.4, -0.2) is 23.5 Å². The summed E-state index contributed by atoms with van der Waals surface area (Å²) < 4.78 is 0. The van der Waals surface area contributed by atoms with E-state index in [4.69, 9.17) is 4.99 Å². The Morgan fingerprint density at radius 2 is 2.12 bits per heavy atom. The van der Waals surface area contributed by atoms with Gasteiger partial charge in [-0.1, -0.05) is 39.0 Å². The number of hydrogen-bond donors (Lipinski definition) is 1. The van der Waals surface area contributed by atoms with E-state index in [1.165, 1.54) is 43.0 Å². The van der Waals surface area contributed by atoms with Gasteiger partial charge in [-0.05, 0) is 37.0 Å². The molecule has 98 valence electrons. The molecular formula is C14H26N2S. The lowest BCUT2D eigenvalue weighted by Crippen LogP contribution is -2.40. The highest BCUT2D eigenvalue weighted by Gasteiger charge is 2.31. The minimum Gasteiger partial charge on any atom is -0.362 e. The van der Waals surface area contributed by atoms with E-state index in [-0.39, 0.29) is 0 Å². The number of thioether (sulfide) groups is 1. The molecule has 0 radical (unpaired) electrons. The Kier molecular flexibility index (Phi) is 4.40. The molecule has 1 aliphatic heterocycles. The normalized spacial score (nSPS) is 32.3. The van der Waals surface area contributed by atoms with Gasteiger partial charge in [0.15, 0.2) is 5.17 Å². The third-order valence-corrected chi connectivity index (χ3v) is 6.02. The standard InChI is InChI=1S/C14H26N2S/c1-4-14(5-2)9-15-13(17-10-14)16-12-8-6-7-11(12)3/h11-12H,4-10H2,1-3H3,(H,15,16). The monoisotopic (exact) mass is 254 g/mol. The van der Waals surface area contributed by atoms with Gasteiger partial charge in [-0.15, -0.1) is 0 Å². The Morgan fingerprint density at radius 3 is 2.59 bits per heavy atom. The predicted molar refractivity (Wildman–Crippen MR) is 77.7 cm³/mol. The molecule has 1 aliphatic carbocycles. The Labute approximate surface area is 110 Å². The van der Waals surface area contributed by atoms with Crippen molar-refractivity contribution in [2.75, 3.05) is 12.3 Å². The second kappa shape index (κ2) is 5.64. The van der Waals surface area contributed by atoms with Gasteiger partial charge < -0.3 is 5.32 Å². The van der Waals surface area contributed by atoms with Crippen molar-refractivity contribution < 1.29 is 0 Å². The van der Waals surface area contributed by atoms with Crippen LogP contribution in [0.3, 0.4) is 0 Å². The molecule has 2 nitrogen and oxygen atoms in total. The van der Waals surface area contributed by atoms with Crippen molar-refractivity contribution in [3.8, 4) is 0 Å². The summed E-state index contributed by atoms with van der Waals surface area (Å²) >= 11 is 1.95. The van der Waals surface area contributed by atoms with Crippen LogP contribution >= 0.6 is 11.8 Å². The van der Waals surface area contributed by atoms with Gasteiger partial charge in [0.2, 0.25) is 0 Å². The molecule has 1 saturated carbocycles. The van der Waals surface area contributed by atoms with Crippen molar-refractivity contribution in [3.05, 3.63) is 0 Å². The molecule has 0 aromatic rings. The number of nitrogens with zero attached hydrogens (tertiary/aromatic N) is 1. The molecule has 2 rings (SSSR count). The van der Waals surface area contributed by atoms with Crippen molar-refractivity contribution in [1.29, 1.82) is 0 Å². The average molecular weight is 254 g/mol. The summed E-state index contributed by atoms with van der Waals surface area (Å²) in [5.41, 5.74) is 0.469. The fraction of sp³-hybridized carbons (Fsp3) is 0.929. The molecular weight excluding hydrogens is 228 g/mol. The van der Waals surface area contributed by atoms with E-state index in [0.29, 0.717) is 11.5 Å². The summed E-state index contributed by atoms with van der Waals surface area (Å²) in [6.07, 6.45) is 6.60. The van der Waals surface area contributed by atoms with Gasteiger partial charge in [0.25, 0.3) is 0 Å². The Morgan fingerprint density at radius 1 is 1.35 bits per heavy atom. The SMILES string of the molecule is CCC1(CC)CN=C(NC2CCCC2C)SC1. The Hall–Kier alpha value is -0.180. The first-order valence-corrected chi connectivity index (χ1v) is 8.11. The average Bonchev–Trinajstić information content (AvgIpc) is 2.77. The molecule has 1 heterocycles. The smallest absolute Gasteiger partial charge is 0.156 e. The molecule has 0 saturated heterocycles. The van der Waals surface area contributed by atoms with E-state index in [1.54, 1.807) is 0 Å². The summed E-state index contributed by atoms with van der Waals surface area (Å²) in [4.78, 5) is 4.79. The highest BCUT2D eigenvalue weighted by Crippen LogP contribution is 2.35. The van der Waals surface area contributed by atoms with Crippen LogP contribution in [0.1, 0.15) is 52.9 Å². The van der Waals surface area contributed by atoms with E-state index in [9.17, 15) is 0 Å². The summed E-state index contributed by atoms with van der Waals surface area (Å²) in [5, 5.41) is 4.88. The largest absolute Gasteiger partial charge is 0.362 e. The fourth-order valence-electron chi connectivity index (χ4n) is 2.84. The maximum absolute atomic E-state index is 4.79. The molecule has 2 aliphatic rings. The molecule has 0 aromatic carbocycles. The molecule has 2 unspecified atom stereocenters. The van der Waals surface area contributed by atoms with Crippen LogP contribution in [0, 0.1) is 11.3 Å². The molecule has 0 spiro atoms. The van der Waals surface area contributed by atoms with E-state index < -0.39 is 0 Å². The number of nitrogens with one attached hydrogen (secondary N) is 1. The lowest BCUT2D eigenvalue weighted by molar-refractivity contribution is 0.317. The van der Waals surface area contributed by atoms with Gasteiger partial charge in [0, 0.05) is 18.3 Å². The molecule has 3 heteroatoms. The molecule has 17 heavy (non-hydrogen) atoms. The minimum absolute atomic E-state index is 0.469. The van der Waals surface area contributed by atoms with E-state index in [1.807, 2.05) is 11.8 Å². The maximum Gasteiger partial charge on any atom is 0.156 e. The van der Waals surface area contributed by atoms with Gasteiger partial charge in [-0.2, -0.15) is 0 Å². The van der Waals surface area contributed by atoms with Crippen LogP contribution < -0.4 is 5.32 Å². The quantitative estimate of drug-likeness (QED) is 0.831. The van der Waals surface area contributed by atoms with E-state index in [0.717, 1.165) is 12.5 Å². The lowest BCUT2D eigenvalue weighted by atomic mass is 9.84. The first kappa shape index (κ1) is 13.3. The van der Waals surface area contributed by atoms with Crippen LogP contribution in [0.5, 0.6) is 0 Å². The summed E-state index contributed by atoms with van der Waals surface area (Å²) in [7, 11) is 0. The van der Waals surface area contributed by atoms with E-state index >= 15 is 0 Å². The topological polar surface area (TPSA) is 24.4 Å². The van der Waals surface area contributed by atoms with Crippen LogP contribution in [0.15, 0.2) is 4.99 Å².